The standard InChI is InChI=1S/C14H26O/c1-3-7-12(2)10-14(15)11-13-8-5-4-6-9-13/h12-13H,3-11H2,1-2H3. The highest BCUT2D eigenvalue weighted by atomic mass is 16.1. The molecule has 0 N–H and O–H groups in total. The summed E-state index contributed by atoms with van der Waals surface area (Å²) in [5.74, 6) is 1.84. The Morgan fingerprint density at radius 3 is 2.53 bits per heavy atom. The van der Waals surface area contributed by atoms with Crippen molar-refractivity contribution >= 4 is 5.78 Å². The van der Waals surface area contributed by atoms with Gasteiger partial charge in [-0.3, -0.25) is 4.79 Å². The molecule has 1 saturated carbocycles. The molecule has 1 aliphatic carbocycles. The van der Waals surface area contributed by atoms with Crippen LogP contribution >= 0.6 is 0 Å². The molecular formula is C14H26O. The van der Waals surface area contributed by atoms with Crippen LogP contribution in [0.4, 0.5) is 0 Å². The van der Waals surface area contributed by atoms with Gasteiger partial charge in [-0.1, -0.05) is 58.8 Å². The minimum Gasteiger partial charge on any atom is -0.300 e. The normalized spacial score (nSPS) is 20.1. The lowest BCUT2D eigenvalue weighted by Crippen LogP contribution is -2.14. The fraction of sp³-hybridized carbons (Fsp3) is 0.929. The number of carbonyl (C=O) groups is 1. The van der Waals surface area contributed by atoms with Gasteiger partial charge < -0.3 is 0 Å². The average molecular weight is 210 g/mol. The molecule has 0 aromatic carbocycles. The van der Waals surface area contributed by atoms with E-state index in [1.807, 2.05) is 0 Å². The number of ketones is 1. The third-order valence-electron chi connectivity index (χ3n) is 3.60. The molecule has 0 heterocycles. The molecule has 0 saturated heterocycles. The predicted octanol–water partition coefficient (Wildman–Crippen LogP) is 4.35. The second-order valence-corrected chi connectivity index (χ2v) is 5.34. The van der Waals surface area contributed by atoms with Crippen LogP contribution in [0.3, 0.4) is 0 Å². The van der Waals surface area contributed by atoms with Crippen molar-refractivity contribution in [2.45, 2.75) is 71.6 Å². The molecule has 1 nitrogen and oxygen atoms in total. The number of rotatable bonds is 6. The molecule has 15 heavy (non-hydrogen) atoms. The molecule has 1 fully saturated rings. The van der Waals surface area contributed by atoms with Crippen molar-refractivity contribution in [2.24, 2.45) is 11.8 Å². The second-order valence-electron chi connectivity index (χ2n) is 5.34. The fourth-order valence-corrected chi connectivity index (χ4v) is 2.78. The zero-order valence-corrected chi connectivity index (χ0v) is 10.4. The summed E-state index contributed by atoms with van der Waals surface area (Å²) in [6, 6.07) is 0. The van der Waals surface area contributed by atoms with E-state index in [1.165, 1.54) is 44.9 Å². The van der Waals surface area contributed by atoms with E-state index in [9.17, 15) is 4.79 Å². The zero-order chi connectivity index (χ0) is 11.1. The number of Topliss-reactive ketones (excluding diaryl/α,β-unsaturated/α-hetero) is 1. The minimum atomic E-state index is 0.517. The Labute approximate surface area is 94.6 Å². The van der Waals surface area contributed by atoms with Crippen molar-refractivity contribution in [3.63, 3.8) is 0 Å². The Morgan fingerprint density at radius 1 is 1.27 bits per heavy atom. The molecule has 0 aliphatic heterocycles. The summed E-state index contributed by atoms with van der Waals surface area (Å²) in [6.07, 6.45) is 10.8. The van der Waals surface area contributed by atoms with E-state index in [4.69, 9.17) is 0 Å². The first-order valence-corrected chi connectivity index (χ1v) is 6.74. The van der Waals surface area contributed by atoms with E-state index >= 15 is 0 Å². The van der Waals surface area contributed by atoms with Crippen molar-refractivity contribution in [2.75, 3.05) is 0 Å². The molecular weight excluding hydrogens is 184 g/mol. The summed E-state index contributed by atoms with van der Waals surface area (Å²) >= 11 is 0. The van der Waals surface area contributed by atoms with Crippen molar-refractivity contribution in [3.8, 4) is 0 Å². The van der Waals surface area contributed by atoms with Crippen LogP contribution in [0.1, 0.15) is 71.6 Å². The quantitative estimate of drug-likeness (QED) is 0.637. The zero-order valence-electron chi connectivity index (χ0n) is 10.4. The van der Waals surface area contributed by atoms with Gasteiger partial charge in [-0.25, -0.2) is 0 Å². The summed E-state index contributed by atoms with van der Waals surface area (Å²) in [6.45, 7) is 4.41. The van der Waals surface area contributed by atoms with Gasteiger partial charge in [0.1, 0.15) is 5.78 Å². The van der Waals surface area contributed by atoms with Gasteiger partial charge in [-0.2, -0.15) is 0 Å². The van der Waals surface area contributed by atoms with Gasteiger partial charge >= 0.3 is 0 Å². The molecule has 0 radical (unpaired) electrons. The van der Waals surface area contributed by atoms with Gasteiger partial charge in [0.2, 0.25) is 0 Å². The Morgan fingerprint density at radius 2 is 1.93 bits per heavy atom. The smallest absolute Gasteiger partial charge is 0.133 e. The summed E-state index contributed by atoms with van der Waals surface area (Å²) in [7, 11) is 0. The van der Waals surface area contributed by atoms with Crippen LogP contribution in [0.5, 0.6) is 0 Å². The maximum absolute atomic E-state index is 11.8. The Kier molecular flexibility index (Phi) is 5.97. The molecule has 1 rings (SSSR count). The van der Waals surface area contributed by atoms with Gasteiger partial charge in [0.05, 0.1) is 0 Å². The number of carbonyl (C=O) groups excluding carboxylic acids is 1. The minimum absolute atomic E-state index is 0.517. The van der Waals surface area contributed by atoms with Gasteiger partial charge in [0, 0.05) is 12.8 Å². The molecule has 1 aliphatic rings. The fourth-order valence-electron chi connectivity index (χ4n) is 2.78. The Hall–Kier alpha value is -0.330. The largest absolute Gasteiger partial charge is 0.300 e. The maximum Gasteiger partial charge on any atom is 0.133 e. The van der Waals surface area contributed by atoms with Gasteiger partial charge in [-0.05, 0) is 11.8 Å². The van der Waals surface area contributed by atoms with Crippen molar-refractivity contribution < 1.29 is 4.79 Å². The van der Waals surface area contributed by atoms with Gasteiger partial charge in [0.15, 0.2) is 0 Å². The number of hydrogen-bond donors (Lipinski definition) is 0. The molecule has 1 unspecified atom stereocenters. The highest BCUT2D eigenvalue weighted by molar-refractivity contribution is 5.78. The van der Waals surface area contributed by atoms with Crippen LogP contribution in [-0.4, -0.2) is 5.78 Å². The molecule has 0 aromatic rings. The third kappa shape index (κ3) is 5.34. The van der Waals surface area contributed by atoms with E-state index in [-0.39, 0.29) is 0 Å². The van der Waals surface area contributed by atoms with E-state index < -0.39 is 0 Å². The van der Waals surface area contributed by atoms with Crippen LogP contribution in [0.15, 0.2) is 0 Å². The molecule has 0 bridgehead atoms. The summed E-state index contributed by atoms with van der Waals surface area (Å²) in [5.41, 5.74) is 0. The first-order valence-electron chi connectivity index (χ1n) is 6.74. The highest BCUT2D eigenvalue weighted by Crippen LogP contribution is 2.27. The van der Waals surface area contributed by atoms with Crippen LogP contribution in [0.2, 0.25) is 0 Å². The van der Waals surface area contributed by atoms with Crippen LogP contribution in [-0.2, 0) is 4.79 Å². The average Bonchev–Trinajstić information content (AvgIpc) is 2.19. The monoisotopic (exact) mass is 210 g/mol. The highest BCUT2D eigenvalue weighted by Gasteiger charge is 2.17. The van der Waals surface area contributed by atoms with E-state index in [1.54, 1.807) is 0 Å². The van der Waals surface area contributed by atoms with Gasteiger partial charge in [0.25, 0.3) is 0 Å². The SMILES string of the molecule is CCCC(C)CC(=O)CC1CCCCC1. The lowest BCUT2D eigenvalue weighted by atomic mass is 9.84. The van der Waals surface area contributed by atoms with Crippen molar-refractivity contribution in [1.82, 2.24) is 0 Å². The summed E-state index contributed by atoms with van der Waals surface area (Å²) in [5, 5.41) is 0. The first-order chi connectivity index (χ1) is 7.22. The maximum atomic E-state index is 11.8. The molecule has 0 aromatic heterocycles. The lowest BCUT2D eigenvalue weighted by Gasteiger charge is -2.21. The molecule has 0 amide bonds. The predicted molar refractivity (Wildman–Crippen MR) is 64.9 cm³/mol. The lowest BCUT2D eigenvalue weighted by molar-refractivity contribution is -0.121. The van der Waals surface area contributed by atoms with Crippen LogP contribution in [0, 0.1) is 11.8 Å². The van der Waals surface area contributed by atoms with E-state index in [0.29, 0.717) is 11.7 Å². The van der Waals surface area contributed by atoms with Crippen LogP contribution in [0.25, 0.3) is 0 Å². The first kappa shape index (κ1) is 12.7. The van der Waals surface area contributed by atoms with Crippen molar-refractivity contribution in [1.29, 1.82) is 0 Å². The van der Waals surface area contributed by atoms with E-state index in [2.05, 4.69) is 13.8 Å². The molecule has 1 atom stereocenters. The van der Waals surface area contributed by atoms with Crippen molar-refractivity contribution in [3.05, 3.63) is 0 Å². The van der Waals surface area contributed by atoms with Gasteiger partial charge in [-0.15, -0.1) is 0 Å². The van der Waals surface area contributed by atoms with Crippen LogP contribution < -0.4 is 0 Å². The summed E-state index contributed by atoms with van der Waals surface area (Å²) < 4.78 is 0. The third-order valence-corrected chi connectivity index (χ3v) is 3.60. The van der Waals surface area contributed by atoms with E-state index in [0.717, 1.165) is 18.8 Å². The summed E-state index contributed by atoms with van der Waals surface area (Å²) in [4.78, 5) is 11.8. The topological polar surface area (TPSA) is 17.1 Å². The second kappa shape index (κ2) is 7.03. The molecule has 1 heteroatoms. The number of hydrogen-bond acceptors (Lipinski definition) is 1. The Bertz CT molecular complexity index is 180. The Balaban J connectivity index is 2.16. The molecule has 0 spiro atoms. The molecule has 88 valence electrons.